The molecule has 0 bridgehead atoms. The molecule has 6 rings (SSSR count). The molecule has 38 heavy (non-hydrogen) atoms. The van der Waals surface area contributed by atoms with Gasteiger partial charge in [0.05, 0.1) is 18.0 Å². The Morgan fingerprint density at radius 1 is 0.658 bits per heavy atom. The van der Waals surface area contributed by atoms with E-state index in [1.54, 1.807) is 7.11 Å². The van der Waals surface area contributed by atoms with E-state index in [2.05, 4.69) is 132 Å². The first-order chi connectivity index (χ1) is 17.9. The molecule has 0 N–H and O–H groups in total. The first kappa shape index (κ1) is 24.9. The van der Waals surface area contributed by atoms with E-state index in [0.717, 1.165) is 0 Å². The van der Waals surface area contributed by atoms with Crippen molar-refractivity contribution in [2.24, 2.45) is 0 Å². The van der Waals surface area contributed by atoms with Crippen LogP contribution >= 0.6 is 0 Å². The average molecular weight is 502 g/mol. The molecule has 0 saturated heterocycles. The van der Waals surface area contributed by atoms with Crippen molar-refractivity contribution in [3.63, 3.8) is 0 Å². The zero-order chi connectivity index (χ0) is 27.0. The fourth-order valence-corrected chi connectivity index (χ4v) is 6.62. The number of hydrogen-bond donors (Lipinski definition) is 0. The van der Waals surface area contributed by atoms with E-state index in [9.17, 15) is 0 Å². The second-order valence-corrected chi connectivity index (χ2v) is 13.1. The van der Waals surface area contributed by atoms with Gasteiger partial charge in [0, 0.05) is 23.6 Å². The van der Waals surface area contributed by atoms with E-state index in [4.69, 9.17) is 4.74 Å². The summed E-state index contributed by atoms with van der Waals surface area (Å²) in [6.45, 7) is 16.9. The van der Waals surface area contributed by atoms with Crippen LogP contribution in [-0.2, 0) is 27.6 Å². The highest BCUT2D eigenvalue weighted by atomic mass is 16.5. The molecule has 4 aromatic rings. The van der Waals surface area contributed by atoms with Gasteiger partial charge in [0.2, 0.25) is 0 Å². The average Bonchev–Trinajstić information content (AvgIpc) is 3.09. The standard InChI is InChI=1S/C36H39NO/c1-34(2,3)24-14-16-25(17-15-24)37-32-12-10-9-11-28(32)35(4,5)31-20-27-26-18-13-23(22-38-8)19-29(26)36(6,7)30(27)21-33(31)37/h9-21H,22H2,1-8H3. The molecule has 1 heterocycles. The lowest BCUT2D eigenvalue weighted by Crippen LogP contribution is -2.31. The van der Waals surface area contributed by atoms with Crippen LogP contribution in [0, 0.1) is 0 Å². The van der Waals surface area contributed by atoms with Crippen LogP contribution < -0.4 is 4.90 Å². The van der Waals surface area contributed by atoms with Crippen molar-refractivity contribution in [2.75, 3.05) is 12.0 Å². The Hall–Kier alpha value is -3.36. The lowest BCUT2D eigenvalue weighted by atomic mass is 9.71. The zero-order valence-electron chi connectivity index (χ0n) is 24.1. The lowest BCUT2D eigenvalue weighted by molar-refractivity contribution is 0.185. The number of hydrogen-bond acceptors (Lipinski definition) is 2. The summed E-state index contributed by atoms with van der Waals surface area (Å²) in [5, 5.41) is 0. The first-order valence-corrected chi connectivity index (χ1v) is 13.8. The maximum atomic E-state index is 5.46. The predicted molar refractivity (Wildman–Crippen MR) is 160 cm³/mol. The molecule has 0 unspecified atom stereocenters. The summed E-state index contributed by atoms with van der Waals surface area (Å²) in [6.07, 6.45) is 0. The van der Waals surface area contributed by atoms with E-state index in [1.807, 2.05) is 0 Å². The van der Waals surface area contributed by atoms with Gasteiger partial charge >= 0.3 is 0 Å². The number of nitrogens with zero attached hydrogens (tertiary/aromatic N) is 1. The van der Waals surface area contributed by atoms with Crippen LogP contribution in [0.3, 0.4) is 0 Å². The minimum atomic E-state index is -0.119. The fourth-order valence-electron chi connectivity index (χ4n) is 6.62. The third kappa shape index (κ3) is 3.57. The Balaban J connectivity index is 1.60. The van der Waals surface area contributed by atoms with Crippen LogP contribution in [0.5, 0.6) is 0 Å². The number of anilines is 3. The van der Waals surface area contributed by atoms with Crippen molar-refractivity contribution in [1.82, 2.24) is 0 Å². The highest BCUT2D eigenvalue weighted by molar-refractivity contribution is 5.91. The van der Waals surface area contributed by atoms with Crippen molar-refractivity contribution in [3.05, 3.63) is 112 Å². The third-order valence-electron chi connectivity index (χ3n) is 8.89. The van der Waals surface area contributed by atoms with Crippen molar-refractivity contribution in [1.29, 1.82) is 0 Å². The summed E-state index contributed by atoms with van der Waals surface area (Å²) in [7, 11) is 1.77. The molecule has 194 valence electrons. The predicted octanol–water partition coefficient (Wildman–Crippen LogP) is 9.55. The van der Waals surface area contributed by atoms with Crippen LogP contribution in [0.25, 0.3) is 11.1 Å². The monoisotopic (exact) mass is 501 g/mol. The number of rotatable bonds is 3. The van der Waals surface area contributed by atoms with Crippen LogP contribution in [0.2, 0.25) is 0 Å². The molecule has 0 amide bonds. The quantitative estimate of drug-likeness (QED) is 0.277. The molecular weight excluding hydrogens is 462 g/mol. The highest BCUT2D eigenvalue weighted by Crippen LogP contribution is 2.57. The Morgan fingerprint density at radius 3 is 2.00 bits per heavy atom. The van der Waals surface area contributed by atoms with Gasteiger partial charge in [-0.05, 0) is 80.3 Å². The number of benzene rings is 4. The topological polar surface area (TPSA) is 12.5 Å². The lowest BCUT2D eigenvalue weighted by Gasteiger charge is -2.43. The second-order valence-electron chi connectivity index (χ2n) is 13.1. The van der Waals surface area contributed by atoms with Gasteiger partial charge in [0.1, 0.15) is 0 Å². The molecule has 2 nitrogen and oxygen atoms in total. The number of methoxy groups -OCH3 is 1. The van der Waals surface area contributed by atoms with Gasteiger partial charge in [-0.3, -0.25) is 0 Å². The van der Waals surface area contributed by atoms with Gasteiger partial charge in [-0.25, -0.2) is 0 Å². The summed E-state index contributed by atoms with van der Waals surface area (Å²) in [6, 6.07) is 29.9. The van der Waals surface area contributed by atoms with Gasteiger partial charge < -0.3 is 9.64 Å². The minimum absolute atomic E-state index is 0.0910. The summed E-state index contributed by atoms with van der Waals surface area (Å²) < 4.78 is 5.46. The molecule has 2 heteroatoms. The summed E-state index contributed by atoms with van der Waals surface area (Å²) >= 11 is 0. The van der Waals surface area contributed by atoms with Crippen molar-refractivity contribution < 1.29 is 4.74 Å². The van der Waals surface area contributed by atoms with Crippen LogP contribution in [0.15, 0.2) is 78.9 Å². The third-order valence-corrected chi connectivity index (χ3v) is 8.89. The van der Waals surface area contributed by atoms with Crippen LogP contribution in [0.1, 0.15) is 81.8 Å². The summed E-state index contributed by atoms with van der Waals surface area (Å²) in [5.41, 5.74) is 14.5. The Kier molecular flexibility index (Phi) is 5.46. The molecule has 4 aromatic carbocycles. The Bertz CT molecular complexity index is 1550. The van der Waals surface area contributed by atoms with E-state index < -0.39 is 0 Å². The van der Waals surface area contributed by atoms with E-state index in [-0.39, 0.29) is 16.2 Å². The molecule has 0 aromatic heterocycles. The first-order valence-electron chi connectivity index (χ1n) is 13.8. The van der Waals surface area contributed by atoms with E-state index >= 15 is 0 Å². The fraction of sp³-hybridized carbons (Fsp3) is 0.333. The van der Waals surface area contributed by atoms with Crippen molar-refractivity contribution >= 4 is 17.1 Å². The Morgan fingerprint density at radius 2 is 1.32 bits per heavy atom. The van der Waals surface area contributed by atoms with Gasteiger partial charge in [-0.15, -0.1) is 0 Å². The molecule has 0 spiro atoms. The Labute approximate surface area is 228 Å². The zero-order valence-corrected chi connectivity index (χ0v) is 24.1. The SMILES string of the molecule is COCc1ccc2c(c1)C(C)(C)c1cc3c(cc1-2)C(C)(C)c1ccccc1N3c1ccc(C(C)(C)C)cc1. The maximum Gasteiger partial charge on any atom is 0.0713 e. The smallest absolute Gasteiger partial charge is 0.0713 e. The maximum absolute atomic E-state index is 5.46. The molecule has 0 saturated carbocycles. The van der Waals surface area contributed by atoms with Gasteiger partial charge in [0.15, 0.2) is 0 Å². The summed E-state index contributed by atoms with van der Waals surface area (Å²) in [5.74, 6) is 0. The summed E-state index contributed by atoms with van der Waals surface area (Å²) in [4.78, 5) is 2.48. The normalized spacial score (nSPS) is 16.5. The van der Waals surface area contributed by atoms with Gasteiger partial charge in [0.25, 0.3) is 0 Å². The molecule has 0 atom stereocenters. The van der Waals surface area contributed by atoms with Gasteiger partial charge in [-0.2, -0.15) is 0 Å². The van der Waals surface area contributed by atoms with E-state index in [0.29, 0.717) is 6.61 Å². The molecule has 0 fully saturated rings. The molecular formula is C36H39NO. The highest BCUT2D eigenvalue weighted by Gasteiger charge is 2.42. The minimum Gasteiger partial charge on any atom is -0.380 e. The van der Waals surface area contributed by atoms with Crippen LogP contribution in [0.4, 0.5) is 17.1 Å². The molecule has 1 aliphatic carbocycles. The number of ether oxygens (including phenoxy) is 1. The molecule has 1 aliphatic heterocycles. The number of fused-ring (bicyclic) bond motifs is 5. The van der Waals surface area contributed by atoms with Gasteiger partial charge in [-0.1, -0.05) is 97.0 Å². The second kappa shape index (κ2) is 8.32. The van der Waals surface area contributed by atoms with Crippen molar-refractivity contribution in [2.45, 2.75) is 71.3 Å². The molecule has 0 radical (unpaired) electrons. The largest absolute Gasteiger partial charge is 0.380 e. The van der Waals surface area contributed by atoms with Crippen LogP contribution in [-0.4, -0.2) is 7.11 Å². The number of para-hydroxylation sites is 1. The molecule has 2 aliphatic rings. The van der Waals surface area contributed by atoms with E-state index in [1.165, 1.54) is 61.6 Å². The van der Waals surface area contributed by atoms with Crippen molar-refractivity contribution in [3.8, 4) is 11.1 Å².